The van der Waals surface area contributed by atoms with Crippen molar-refractivity contribution in [3.8, 4) is 5.75 Å². The number of fused-ring (bicyclic) bond motifs is 1. The van der Waals surface area contributed by atoms with Crippen LogP contribution in [0, 0.1) is 0 Å². The summed E-state index contributed by atoms with van der Waals surface area (Å²) in [6.07, 6.45) is 0.801. The van der Waals surface area contributed by atoms with Gasteiger partial charge in [0.1, 0.15) is 5.75 Å². The van der Waals surface area contributed by atoms with E-state index in [1.165, 1.54) is 0 Å². The maximum Gasteiger partial charge on any atom is 0.304 e. The second-order valence-corrected chi connectivity index (χ2v) is 5.25. The fraction of sp³-hybridized carbons (Fsp3) is 0.353. The van der Waals surface area contributed by atoms with Gasteiger partial charge in [0.05, 0.1) is 13.5 Å². The molecule has 0 amide bonds. The van der Waals surface area contributed by atoms with Crippen molar-refractivity contribution < 1.29 is 14.6 Å². The van der Waals surface area contributed by atoms with Gasteiger partial charge in [-0.2, -0.15) is 0 Å². The SMILES string of the molecule is CCC(N)C(CC(=O)O)c1ccc2cc(OC)ccc2c1. The molecule has 0 heterocycles. The van der Waals surface area contributed by atoms with Crippen molar-refractivity contribution in [3.05, 3.63) is 42.0 Å². The third-order valence-electron chi connectivity index (χ3n) is 3.88. The van der Waals surface area contributed by atoms with Gasteiger partial charge in [-0.1, -0.05) is 31.2 Å². The van der Waals surface area contributed by atoms with Crippen LogP contribution in [-0.4, -0.2) is 24.2 Å². The molecule has 112 valence electrons. The molecule has 0 bridgehead atoms. The highest BCUT2D eigenvalue weighted by Gasteiger charge is 2.21. The minimum Gasteiger partial charge on any atom is -0.497 e. The van der Waals surface area contributed by atoms with Crippen molar-refractivity contribution in [2.75, 3.05) is 7.11 Å². The summed E-state index contributed by atoms with van der Waals surface area (Å²) >= 11 is 0. The molecule has 0 aliphatic heterocycles. The van der Waals surface area contributed by atoms with E-state index in [9.17, 15) is 4.79 Å². The van der Waals surface area contributed by atoms with Crippen LogP contribution in [0.5, 0.6) is 5.75 Å². The van der Waals surface area contributed by atoms with Gasteiger partial charge in [0.15, 0.2) is 0 Å². The van der Waals surface area contributed by atoms with E-state index in [4.69, 9.17) is 15.6 Å². The minimum atomic E-state index is -0.821. The summed E-state index contributed by atoms with van der Waals surface area (Å²) in [4.78, 5) is 11.1. The highest BCUT2D eigenvalue weighted by molar-refractivity contribution is 5.84. The lowest BCUT2D eigenvalue weighted by molar-refractivity contribution is -0.137. The van der Waals surface area contributed by atoms with Crippen LogP contribution in [0.1, 0.15) is 31.2 Å². The van der Waals surface area contributed by atoms with Crippen molar-refractivity contribution in [2.45, 2.75) is 31.7 Å². The Labute approximate surface area is 124 Å². The first kappa shape index (κ1) is 15.3. The molecule has 0 aromatic heterocycles. The number of aliphatic carboxylic acids is 1. The van der Waals surface area contributed by atoms with E-state index in [1.54, 1.807) is 7.11 Å². The van der Waals surface area contributed by atoms with Crippen LogP contribution in [0.2, 0.25) is 0 Å². The number of hydrogen-bond donors (Lipinski definition) is 2. The number of nitrogens with two attached hydrogens (primary N) is 1. The van der Waals surface area contributed by atoms with Crippen LogP contribution in [-0.2, 0) is 4.79 Å². The smallest absolute Gasteiger partial charge is 0.304 e. The Morgan fingerprint density at radius 2 is 1.90 bits per heavy atom. The van der Waals surface area contributed by atoms with Gasteiger partial charge < -0.3 is 15.6 Å². The molecule has 2 aromatic rings. The number of ether oxygens (including phenoxy) is 1. The van der Waals surface area contributed by atoms with Gasteiger partial charge in [-0.25, -0.2) is 0 Å². The normalized spacial score (nSPS) is 13.9. The third kappa shape index (κ3) is 3.52. The number of methoxy groups -OCH3 is 1. The van der Waals surface area contributed by atoms with Crippen LogP contribution >= 0.6 is 0 Å². The number of hydrogen-bond acceptors (Lipinski definition) is 3. The average Bonchev–Trinajstić information content (AvgIpc) is 2.50. The van der Waals surface area contributed by atoms with E-state index in [1.807, 2.05) is 43.3 Å². The third-order valence-corrected chi connectivity index (χ3v) is 3.88. The number of carbonyl (C=O) groups is 1. The lowest BCUT2D eigenvalue weighted by Gasteiger charge is -2.22. The Morgan fingerprint density at radius 3 is 2.52 bits per heavy atom. The van der Waals surface area contributed by atoms with E-state index in [0.29, 0.717) is 0 Å². The molecule has 2 aromatic carbocycles. The Morgan fingerprint density at radius 1 is 1.24 bits per heavy atom. The largest absolute Gasteiger partial charge is 0.497 e. The summed E-state index contributed by atoms with van der Waals surface area (Å²) in [7, 11) is 1.64. The molecule has 0 aliphatic carbocycles. The van der Waals surface area contributed by atoms with Crippen molar-refractivity contribution in [2.24, 2.45) is 5.73 Å². The molecule has 2 atom stereocenters. The number of carboxylic acids is 1. The highest BCUT2D eigenvalue weighted by Crippen LogP contribution is 2.29. The van der Waals surface area contributed by atoms with Crippen molar-refractivity contribution >= 4 is 16.7 Å². The Balaban J connectivity index is 2.41. The quantitative estimate of drug-likeness (QED) is 0.856. The molecular weight excluding hydrogens is 266 g/mol. The van der Waals surface area contributed by atoms with E-state index in [0.717, 1.165) is 28.5 Å². The zero-order chi connectivity index (χ0) is 15.4. The summed E-state index contributed by atoms with van der Waals surface area (Å²) in [6, 6.07) is 11.7. The Hall–Kier alpha value is -2.07. The van der Waals surface area contributed by atoms with E-state index >= 15 is 0 Å². The van der Waals surface area contributed by atoms with Gasteiger partial charge in [-0.05, 0) is 34.9 Å². The number of carboxylic acid groups (broad SMARTS) is 1. The second-order valence-electron chi connectivity index (χ2n) is 5.25. The summed E-state index contributed by atoms with van der Waals surface area (Å²) in [6.45, 7) is 1.98. The lowest BCUT2D eigenvalue weighted by Crippen LogP contribution is -2.29. The van der Waals surface area contributed by atoms with Crippen molar-refractivity contribution in [1.29, 1.82) is 0 Å². The molecule has 0 fully saturated rings. The zero-order valence-electron chi connectivity index (χ0n) is 12.4. The van der Waals surface area contributed by atoms with Crippen LogP contribution in [0.15, 0.2) is 36.4 Å². The van der Waals surface area contributed by atoms with Gasteiger partial charge in [-0.3, -0.25) is 4.79 Å². The van der Waals surface area contributed by atoms with E-state index < -0.39 is 5.97 Å². The van der Waals surface area contributed by atoms with Gasteiger partial charge in [0, 0.05) is 12.0 Å². The lowest BCUT2D eigenvalue weighted by atomic mass is 9.86. The molecule has 0 spiro atoms. The van der Waals surface area contributed by atoms with Crippen LogP contribution < -0.4 is 10.5 Å². The predicted octanol–water partition coefficient (Wildman–Crippen LogP) is 3.14. The van der Waals surface area contributed by atoms with Crippen LogP contribution in [0.3, 0.4) is 0 Å². The number of rotatable bonds is 6. The second kappa shape index (κ2) is 6.59. The van der Waals surface area contributed by atoms with Crippen LogP contribution in [0.25, 0.3) is 10.8 Å². The van der Waals surface area contributed by atoms with Gasteiger partial charge in [0.2, 0.25) is 0 Å². The Bertz CT molecular complexity index is 639. The molecule has 21 heavy (non-hydrogen) atoms. The topological polar surface area (TPSA) is 72.6 Å². The first-order chi connectivity index (χ1) is 10.0. The molecule has 0 aliphatic rings. The van der Waals surface area contributed by atoms with Crippen molar-refractivity contribution in [1.82, 2.24) is 0 Å². The summed E-state index contributed by atoms with van der Waals surface area (Å²) in [5.74, 6) is -0.180. The molecule has 3 N–H and O–H groups in total. The van der Waals surface area contributed by atoms with E-state index in [-0.39, 0.29) is 18.4 Å². The summed E-state index contributed by atoms with van der Waals surface area (Å²) in [5.41, 5.74) is 7.08. The van der Waals surface area contributed by atoms with Gasteiger partial charge >= 0.3 is 5.97 Å². The summed E-state index contributed by atoms with van der Waals surface area (Å²) < 4.78 is 5.21. The molecule has 0 saturated heterocycles. The molecule has 0 saturated carbocycles. The van der Waals surface area contributed by atoms with Gasteiger partial charge in [0.25, 0.3) is 0 Å². The first-order valence-corrected chi connectivity index (χ1v) is 7.10. The molecule has 0 radical (unpaired) electrons. The molecule has 2 unspecified atom stereocenters. The maximum absolute atomic E-state index is 11.1. The van der Waals surface area contributed by atoms with Crippen molar-refractivity contribution in [3.63, 3.8) is 0 Å². The average molecular weight is 287 g/mol. The molecule has 4 heteroatoms. The fourth-order valence-electron chi connectivity index (χ4n) is 2.59. The monoisotopic (exact) mass is 287 g/mol. The summed E-state index contributed by atoms with van der Waals surface area (Å²) in [5, 5.41) is 11.2. The molecule has 4 nitrogen and oxygen atoms in total. The molecule has 2 rings (SSSR count). The minimum absolute atomic E-state index is 0.0523. The fourth-order valence-corrected chi connectivity index (χ4v) is 2.59. The van der Waals surface area contributed by atoms with Gasteiger partial charge in [-0.15, -0.1) is 0 Å². The first-order valence-electron chi connectivity index (χ1n) is 7.10. The predicted molar refractivity (Wildman–Crippen MR) is 83.8 cm³/mol. The number of benzene rings is 2. The van der Waals surface area contributed by atoms with E-state index in [2.05, 4.69) is 0 Å². The molecular formula is C17H21NO3. The zero-order valence-corrected chi connectivity index (χ0v) is 12.4. The highest BCUT2D eigenvalue weighted by atomic mass is 16.5. The maximum atomic E-state index is 11.1. The standard InChI is InChI=1S/C17H21NO3/c1-3-16(18)15(10-17(19)20)13-5-4-12-9-14(21-2)7-6-11(12)8-13/h4-9,15-16H,3,10,18H2,1-2H3,(H,19,20). The Kier molecular flexibility index (Phi) is 4.81. The van der Waals surface area contributed by atoms with Crippen LogP contribution in [0.4, 0.5) is 0 Å².